The quantitative estimate of drug-likeness (QED) is 0.732. The summed E-state index contributed by atoms with van der Waals surface area (Å²) in [6.07, 6.45) is 5.51. The van der Waals surface area contributed by atoms with Crippen molar-refractivity contribution in [2.24, 2.45) is 5.92 Å². The molecule has 0 fully saturated rings. The second-order valence-electron chi connectivity index (χ2n) is 5.16. The predicted octanol–water partition coefficient (Wildman–Crippen LogP) is 1.97. The number of esters is 1. The zero-order chi connectivity index (χ0) is 14.3. The molecule has 0 saturated carbocycles. The van der Waals surface area contributed by atoms with E-state index in [0.717, 1.165) is 25.1 Å². The predicted molar refractivity (Wildman–Crippen MR) is 74.6 cm³/mol. The number of nitrogens with zero attached hydrogens (tertiary/aromatic N) is 2. The Balaban J connectivity index is 2.59. The third-order valence-corrected chi connectivity index (χ3v) is 2.99. The van der Waals surface area contributed by atoms with E-state index < -0.39 is 0 Å². The van der Waals surface area contributed by atoms with Crippen molar-refractivity contribution in [3.05, 3.63) is 18.2 Å². The first-order chi connectivity index (χ1) is 9.08. The number of ether oxygens (including phenoxy) is 1. The molecule has 1 heterocycles. The summed E-state index contributed by atoms with van der Waals surface area (Å²) in [4.78, 5) is 15.9. The number of aryl methyl sites for hydroxylation is 1. The molecule has 1 N–H and O–H groups in total. The molecular weight excluding hydrogens is 242 g/mol. The summed E-state index contributed by atoms with van der Waals surface area (Å²) in [5, 5.41) is 3.27. The number of hydrogen-bond acceptors (Lipinski definition) is 4. The fourth-order valence-electron chi connectivity index (χ4n) is 2.04. The van der Waals surface area contributed by atoms with Gasteiger partial charge in [-0.15, -0.1) is 0 Å². The molecule has 0 radical (unpaired) electrons. The number of imidazole rings is 1. The summed E-state index contributed by atoms with van der Waals surface area (Å²) >= 11 is 0. The van der Waals surface area contributed by atoms with Gasteiger partial charge in [0.25, 0.3) is 0 Å². The van der Waals surface area contributed by atoms with Crippen molar-refractivity contribution >= 4 is 5.97 Å². The van der Waals surface area contributed by atoms with E-state index in [2.05, 4.69) is 35.6 Å². The van der Waals surface area contributed by atoms with E-state index in [9.17, 15) is 4.79 Å². The average molecular weight is 267 g/mol. The monoisotopic (exact) mass is 267 g/mol. The van der Waals surface area contributed by atoms with Crippen LogP contribution in [0.4, 0.5) is 0 Å². The summed E-state index contributed by atoms with van der Waals surface area (Å²) < 4.78 is 6.94. The Morgan fingerprint density at radius 3 is 2.84 bits per heavy atom. The van der Waals surface area contributed by atoms with Crippen LogP contribution in [0, 0.1) is 5.92 Å². The minimum atomic E-state index is -0.255. The maximum Gasteiger partial charge on any atom is 0.322 e. The van der Waals surface area contributed by atoms with Gasteiger partial charge in [-0.05, 0) is 18.8 Å². The minimum absolute atomic E-state index is 0.199. The molecule has 5 nitrogen and oxygen atoms in total. The van der Waals surface area contributed by atoms with Crippen LogP contribution in [0.25, 0.3) is 0 Å². The highest BCUT2D eigenvalue weighted by Crippen LogP contribution is 2.08. The van der Waals surface area contributed by atoms with Gasteiger partial charge >= 0.3 is 5.97 Å². The summed E-state index contributed by atoms with van der Waals surface area (Å²) in [5.41, 5.74) is 1.10. The van der Waals surface area contributed by atoms with Crippen molar-refractivity contribution in [3.63, 3.8) is 0 Å². The maximum absolute atomic E-state index is 11.7. The van der Waals surface area contributed by atoms with Crippen LogP contribution in [0.3, 0.4) is 0 Å². The molecule has 1 aromatic heterocycles. The lowest BCUT2D eigenvalue weighted by Crippen LogP contribution is -2.38. The zero-order valence-corrected chi connectivity index (χ0v) is 12.3. The van der Waals surface area contributed by atoms with Gasteiger partial charge in [-0.3, -0.25) is 10.1 Å². The lowest BCUT2D eigenvalue weighted by atomic mass is 10.0. The Morgan fingerprint density at radius 2 is 2.26 bits per heavy atom. The lowest BCUT2D eigenvalue weighted by Gasteiger charge is -2.18. The third-order valence-electron chi connectivity index (χ3n) is 2.99. The molecule has 0 amide bonds. The van der Waals surface area contributed by atoms with E-state index in [1.54, 1.807) is 0 Å². The van der Waals surface area contributed by atoms with Crippen LogP contribution in [-0.2, 0) is 22.6 Å². The van der Waals surface area contributed by atoms with Crippen molar-refractivity contribution in [1.82, 2.24) is 14.9 Å². The van der Waals surface area contributed by atoms with E-state index in [4.69, 9.17) is 4.74 Å². The molecule has 1 unspecified atom stereocenters. The maximum atomic E-state index is 11.7. The molecule has 1 rings (SSSR count). The van der Waals surface area contributed by atoms with Crippen LogP contribution in [0.1, 0.15) is 39.3 Å². The zero-order valence-electron chi connectivity index (χ0n) is 12.3. The molecule has 0 aromatic carbocycles. The standard InChI is InChI=1S/C14H25N3O2/c1-5-6-17-10-15-8-12(17)9-16-13(7-11(2)3)14(18)19-4/h8,10-11,13,16H,5-7,9H2,1-4H3. The molecule has 0 bridgehead atoms. The molecule has 1 atom stereocenters. The highest BCUT2D eigenvalue weighted by Gasteiger charge is 2.20. The second-order valence-corrected chi connectivity index (χ2v) is 5.16. The van der Waals surface area contributed by atoms with Crippen LogP contribution >= 0.6 is 0 Å². The molecule has 19 heavy (non-hydrogen) atoms. The SMILES string of the molecule is CCCn1cncc1CNC(CC(C)C)C(=O)OC. The Labute approximate surface area is 115 Å². The van der Waals surface area contributed by atoms with Gasteiger partial charge in [-0.1, -0.05) is 20.8 Å². The summed E-state index contributed by atoms with van der Waals surface area (Å²) in [5.74, 6) is 0.243. The van der Waals surface area contributed by atoms with Gasteiger partial charge in [0.15, 0.2) is 0 Å². The Bertz CT molecular complexity index is 388. The Kier molecular flexibility index (Phi) is 6.56. The van der Waals surface area contributed by atoms with Crippen molar-refractivity contribution in [2.45, 2.75) is 52.7 Å². The Morgan fingerprint density at radius 1 is 1.53 bits per heavy atom. The first kappa shape index (κ1) is 15.7. The first-order valence-corrected chi connectivity index (χ1v) is 6.88. The van der Waals surface area contributed by atoms with Crippen molar-refractivity contribution in [1.29, 1.82) is 0 Å². The molecular formula is C14H25N3O2. The van der Waals surface area contributed by atoms with Gasteiger partial charge in [0.05, 0.1) is 19.1 Å². The summed E-state index contributed by atoms with van der Waals surface area (Å²) in [6.45, 7) is 7.90. The summed E-state index contributed by atoms with van der Waals surface area (Å²) in [7, 11) is 1.43. The summed E-state index contributed by atoms with van der Waals surface area (Å²) in [6, 6.07) is -0.255. The molecule has 0 saturated heterocycles. The number of rotatable bonds is 8. The van der Waals surface area contributed by atoms with Gasteiger partial charge in [0.1, 0.15) is 6.04 Å². The third kappa shape index (κ3) is 5.03. The topological polar surface area (TPSA) is 56.2 Å². The fraction of sp³-hybridized carbons (Fsp3) is 0.714. The van der Waals surface area contributed by atoms with Crippen LogP contribution in [-0.4, -0.2) is 28.7 Å². The number of nitrogens with one attached hydrogen (secondary N) is 1. The Hall–Kier alpha value is -1.36. The van der Waals surface area contributed by atoms with Crippen LogP contribution in [0.5, 0.6) is 0 Å². The first-order valence-electron chi connectivity index (χ1n) is 6.88. The molecule has 0 aliphatic carbocycles. The van der Waals surface area contributed by atoms with E-state index >= 15 is 0 Å². The van der Waals surface area contributed by atoms with Gasteiger partial charge in [-0.2, -0.15) is 0 Å². The van der Waals surface area contributed by atoms with Crippen LogP contribution in [0.15, 0.2) is 12.5 Å². The smallest absolute Gasteiger partial charge is 0.322 e. The number of carbonyl (C=O) groups excluding carboxylic acids is 1. The molecule has 0 aliphatic heterocycles. The molecule has 1 aromatic rings. The van der Waals surface area contributed by atoms with Gasteiger partial charge in [0.2, 0.25) is 0 Å². The van der Waals surface area contributed by atoms with E-state index in [1.807, 2.05) is 12.5 Å². The number of hydrogen-bond donors (Lipinski definition) is 1. The fourth-order valence-corrected chi connectivity index (χ4v) is 2.04. The highest BCUT2D eigenvalue weighted by atomic mass is 16.5. The van der Waals surface area contributed by atoms with Crippen LogP contribution < -0.4 is 5.32 Å². The van der Waals surface area contributed by atoms with Crippen molar-refractivity contribution in [3.8, 4) is 0 Å². The van der Waals surface area contributed by atoms with Crippen molar-refractivity contribution in [2.75, 3.05) is 7.11 Å². The highest BCUT2D eigenvalue weighted by molar-refractivity contribution is 5.75. The molecule has 108 valence electrons. The second kappa shape index (κ2) is 7.94. The molecule has 0 aliphatic rings. The number of carbonyl (C=O) groups is 1. The van der Waals surface area contributed by atoms with Crippen LogP contribution in [0.2, 0.25) is 0 Å². The largest absolute Gasteiger partial charge is 0.468 e. The number of aromatic nitrogens is 2. The van der Waals surface area contributed by atoms with E-state index in [0.29, 0.717) is 12.5 Å². The van der Waals surface area contributed by atoms with Gasteiger partial charge in [0, 0.05) is 19.3 Å². The van der Waals surface area contributed by atoms with Crippen molar-refractivity contribution < 1.29 is 9.53 Å². The van der Waals surface area contributed by atoms with Gasteiger partial charge < -0.3 is 9.30 Å². The average Bonchev–Trinajstić information content (AvgIpc) is 2.81. The van der Waals surface area contributed by atoms with Gasteiger partial charge in [-0.25, -0.2) is 4.98 Å². The molecule has 0 spiro atoms. The van der Waals surface area contributed by atoms with E-state index in [-0.39, 0.29) is 12.0 Å². The van der Waals surface area contributed by atoms with E-state index in [1.165, 1.54) is 7.11 Å². The minimum Gasteiger partial charge on any atom is -0.468 e. The normalized spacial score (nSPS) is 12.7. The molecule has 5 heteroatoms. The lowest BCUT2D eigenvalue weighted by molar-refractivity contribution is -0.143. The number of methoxy groups -OCH3 is 1.